The van der Waals surface area contributed by atoms with Crippen molar-refractivity contribution in [3.8, 4) is 11.5 Å². The standard InChI is InChI=1S/C16H13FO5/c17-12-3-6-14(11(8-12)9-16(20)21)22-13-4-1-10(2-5-13)7-15(18)19/h1-6,8H,7,9H2,(H,18,19)(H,20,21). The summed E-state index contributed by atoms with van der Waals surface area (Å²) >= 11 is 0. The number of carboxylic acids is 2. The molecule has 5 nitrogen and oxygen atoms in total. The largest absolute Gasteiger partial charge is 0.481 e. The highest BCUT2D eigenvalue weighted by Crippen LogP contribution is 2.27. The number of carbonyl (C=O) groups is 2. The van der Waals surface area contributed by atoms with Gasteiger partial charge in [-0.25, -0.2) is 4.39 Å². The summed E-state index contributed by atoms with van der Waals surface area (Å²) in [5, 5.41) is 17.5. The number of ether oxygens (including phenoxy) is 1. The molecule has 0 unspecified atom stereocenters. The summed E-state index contributed by atoms with van der Waals surface area (Å²) in [5.74, 6) is -1.91. The van der Waals surface area contributed by atoms with E-state index in [0.717, 1.165) is 6.07 Å². The van der Waals surface area contributed by atoms with Crippen molar-refractivity contribution in [3.05, 3.63) is 59.4 Å². The van der Waals surface area contributed by atoms with Gasteiger partial charge in [-0.15, -0.1) is 0 Å². The number of carboxylic acid groups (broad SMARTS) is 2. The molecule has 0 aliphatic rings. The van der Waals surface area contributed by atoms with Crippen molar-refractivity contribution in [2.75, 3.05) is 0 Å². The summed E-state index contributed by atoms with van der Waals surface area (Å²) in [5.41, 5.74) is 0.840. The van der Waals surface area contributed by atoms with Gasteiger partial charge >= 0.3 is 11.9 Å². The number of aliphatic carboxylic acids is 2. The molecule has 0 bridgehead atoms. The number of benzene rings is 2. The van der Waals surface area contributed by atoms with Crippen LogP contribution in [0.3, 0.4) is 0 Å². The lowest BCUT2D eigenvalue weighted by atomic mass is 10.1. The number of halogens is 1. The maximum atomic E-state index is 13.2. The van der Waals surface area contributed by atoms with Crippen LogP contribution in [0.15, 0.2) is 42.5 Å². The van der Waals surface area contributed by atoms with Gasteiger partial charge in [-0.2, -0.15) is 0 Å². The van der Waals surface area contributed by atoms with Crippen LogP contribution in [-0.2, 0) is 22.4 Å². The first-order chi connectivity index (χ1) is 10.4. The molecule has 0 saturated carbocycles. The maximum absolute atomic E-state index is 13.2. The molecule has 0 fully saturated rings. The van der Waals surface area contributed by atoms with Crippen LogP contribution in [0.5, 0.6) is 11.5 Å². The number of hydrogen-bond donors (Lipinski definition) is 2. The third-order valence-corrected chi connectivity index (χ3v) is 2.87. The van der Waals surface area contributed by atoms with Crippen LogP contribution in [0, 0.1) is 5.82 Å². The minimum Gasteiger partial charge on any atom is -0.481 e. The van der Waals surface area contributed by atoms with Gasteiger partial charge in [0.2, 0.25) is 0 Å². The molecular weight excluding hydrogens is 291 g/mol. The third-order valence-electron chi connectivity index (χ3n) is 2.87. The molecule has 114 valence electrons. The fourth-order valence-corrected chi connectivity index (χ4v) is 1.93. The lowest BCUT2D eigenvalue weighted by Crippen LogP contribution is -2.03. The molecule has 2 aromatic carbocycles. The smallest absolute Gasteiger partial charge is 0.307 e. The monoisotopic (exact) mass is 304 g/mol. The Morgan fingerprint density at radius 1 is 0.955 bits per heavy atom. The zero-order valence-corrected chi connectivity index (χ0v) is 11.5. The molecule has 0 amide bonds. The molecule has 0 heterocycles. The molecule has 0 aliphatic heterocycles. The van der Waals surface area contributed by atoms with E-state index in [4.69, 9.17) is 14.9 Å². The molecule has 2 N–H and O–H groups in total. The normalized spacial score (nSPS) is 10.2. The van der Waals surface area contributed by atoms with Crippen LogP contribution in [0.25, 0.3) is 0 Å². The molecule has 0 aromatic heterocycles. The van der Waals surface area contributed by atoms with Gasteiger partial charge in [0.15, 0.2) is 0 Å². The zero-order valence-electron chi connectivity index (χ0n) is 11.5. The van der Waals surface area contributed by atoms with Crippen LogP contribution < -0.4 is 4.74 Å². The predicted molar refractivity (Wildman–Crippen MR) is 75.6 cm³/mol. The van der Waals surface area contributed by atoms with Crippen LogP contribution >= 0.6 is 0 Å². The van der Waals surface area contributed by atoms with E-state index in [0.29, 0.717) is 11.3 Å². The van der Waals surface area contributed by atoms with Gasteiger partial charge in [-0.1, -0.05) is 12.1 Å². The fourth-order valence-electron chi connectivity index (χ4n) is 1.93. The summed E-state index contributed by atoms with van der Waals surface area (Å²) in [6.45, 7) is 0. The van der Waals surface area contributed by atoms with Crippen molar-refractivity contribution >= 4 is 11.9 Å². The van der Waals surface area contributed by atoms with Crippen LogP contribution in [0.4, 0.5) is 4.39 Å². The fraction of sp³-hybridized carbons (Fsp3) is 0.125. The van der Waals surface area contributed by atoms with E-state index >= 15 is 0 Å². The highest BCUT2D eigenvalue weighted by Gasteiger charge is 2.10. The van der Waals surface area contributed by atoms with Crippen molar-refractivity contribution in [1.29, 1.82) is 0 Å². The Labute approximate surface area is 125 Å². The molecule has 2 rings (SSSR count). The molecule has 22 heavy (non-hydrogen) atoms. The summed E-state index contributed by atoms with van der Waals surface area (Å²) in [4.78, 5) is 21.4. The summed E-state index contributed by atoms with van der Waals surface area (Å²) in [6, 6.07) is 10.0. The topological polar surface area (TPSA) is 83.8 Å². The van der Waals surface area contributed by atoms with E-state index in [1.165, 1.54) is 12.1 Å². The van der Waals surface area contributed by atoms with Crippen molar-refractivity contribution in [2.45, 2.75) is 12.8 Å². The lowest BCUT2D eigenvalue weighted by molar-refractivity contribution is -0.137. The van der Waals surface area contributed by atoms with Crippen molar-refractivity contribution in [1.82, 2.24) is 0 Å². The lowest BCUT2D eigenvalue weighted by Gasteiger charge is -2.10. The van der Waals surface area contributed by atoms with Crippen molar-refractivity contribution in [3.63, 3.8) is 0 Å². The van der Waals surface area contributed by atoms with Crippen molar-refractivity contribution < 1.29 is 28.9 Å². The first-order valence-corrected chi connectivity index (χ1v) is 6.43. The third kappa shape index (κ3) is 4.31. The average Bonchev–Trinajstić information content (AvgIpc) is 2.42. The van der Waals surface area contributed by atoms with E-state index in [9.17, 15) is 14.0 Å². The highest BCUT2D eigenvalue weighted by molar-refractivity contribution is 5.71. The summed E-state index contributed by atoms with van der Waals surface area (Å²) in [6.07, 6.45) is -0.453. The van der Waals surface area contributed by atoms with E-state index in [2.05, 4.69) is 0 Å². The highest BCUT2D eigenvalue weighted by atomic mass is 19.1. The van der Waals surface area contributed by atoms with E-state index in [-0.39, 0.29) is 24.2 Å². The Bertz CT molecular complexity index is 694. The second kappa shape index (κ2) is 6.71. The number of rotatable bonds is 6. The Morgan fingerprint density at radius 2 is 1.59 bits per heavy atom. The minimum absolute atomic E-state index is 0.0961. The molecule has 6 heteroatoms. The van der Waals surface area contributed by atoms with Gasteiger partial charge in [0.1, 0.15) is 17.3 Å². The Morgan fingerprint density at radius 3 is 2.18 bits per heavy atom. The van der Waals surface area contributed by atoms with Crippen LogP contribution in [0.2, 0.25) is 0 Å². The number of hydrogen-bond acceptors (Lipinski definition) is 3. The quantitative estimate of drug-likeness (QED) is 0.857. The first kappa shape index (κ1) is 15.5. The average molecular weight is 304 g/mol. The molecule has 0 spiro atoms. The molecule has 0 aliphatic carbocycles. The van der Waals surface area contributed by atoms with Gasteiger partial charge in [0.05, 0.1) is 12.8 Å². The van der Waals surface area contributed by atoms with E-state index in [1.54, 1.807) is 24.3 Å². The Kier molecular flexibility index (Phi) is 4.73. The maximum Gasteiger partial charge on any atom is 0.307 e. The molecule has 0 radical (unpaired) electrons. The molecule has 0 atom stereocenters. The Hall–Kier alpha value is -2.89. The molecule has 2 aromatic rings. The predicted octanol–water partition coefficient (Wildman–Crippen LogP) is 2.87. The van der Waals surface area contributed by atoms with Gasteiger partial charge in [0.25, 0.3) is 0 Å². The van der Waals surface area contributed by atoms with Gasteiger partial charge in [-0.05, 0) is 35.9 Å². The second-order valence-corrected chi connectivity index (χ2v) is 4.64. The SMILES string of the molecule is O=C(O)Cc1ccc(Oc2ccc(F)cc2CC(=O)O)cc1. The van der Waals surface area contributed by atoms with E-state index < -0.39 is 17.8 Å². The first-order valence-electron chi connectivity index (χ1n) is 6.43. The van der Waals surface area contributed by atoms with Gasteiger partial charge < -0.3 is 14.9 Å². The zero-order chi connectivity index (χ0) is 16.1. The van der Waals surface area contributed by atoms with Crippen molar-refractivity contribution in [2.24, 2.45) is 0 Å². The summed E-state index contributed by atoms with van der Waals surface area (Å²) < 4.78 is 18.8. The van der Waals surface area contributed by atoms with Crippen LogP contribution in [0.1, 0.15) is 11.1 Å². The second-order valence-electron chi connectivity index (χ2n) is 4.64. The van der Waals surface area contributed by atoms with E-state index in [1.807, 2.05) is 0 Å². The van der Waals surface area contributed by atoms with Gasteiger partial charge in [0, 0.05) is 5.56 Å². The van der Waals surface area contributed by atoms with Gasteiger partial charge in [-0.3, -0.25) is 9.59 Å². The molecular formula is C16H13FO5. The summed E-state index contributed by atoms with van der Waals surface area (Å²) in [7, 11) is 0. The Balaban J connectivity index is 2.19. The van der Waals surface area contributed by atoms with Crippen LogP contribution in [-0.4, -0.2) is 22.2 Å². The minimum atomic E-state index is -1.09. The molecule has 0 saturated heterocycles.